The van der Waals surface area contributed by atoms with Crippen LogP contribution in [-0.4, -0.2) is 5.84 Å². The predicted molar refractivity (Wildman–Crippen MR) is 79.3 cm³/mol. The van der Waals surface area contributed by atoms with E-state index in [-0.39, 0.29) is 12.4 Å². The van der Waals surface area contributed by atoms with E-state index in [1.807, 2.05) is 0 Å². The highest BCUT2D eigenvalue weighted by Gasteiger charge is 2.00. The molecule has 0 amide bonds. The van der Waals surface area contributed by atoms with E-state index in [1.165, 1.54) is 0 Å². The van der Waals surface area contributed by atoms with Gasteiger partial charge in [-0.2, -0.15) is 0 Å². The molecule has 0 aliphatic rings. The van der Waals surface area contributed by atoms with E-state index in [0.29, 0.717) is 15.9 Å². The number of hydrogen-bond donors (Lipinski definition) is 1. The Morgan fingerprint density at radius 2 is 1.94 bits per heavy atom. The van der Waals surface area contributed by atoms with Gasteiger partial charge in [0.1, 0.15) is 0 Å². The van der Waals surface area contributed by atoms with E-state index in [0.717, 1.165) is 18.4 Å². The monoisotopic (exact) mass is 292 g/mol. The van der Waals surface area contributed by atoms with Crippen LogP contribution in [0.1, 0.15) is 25.3 Å². The first-order valence-corrected chi connectivity index (χ1v) is 5.83. The van der Waals surface area contributed by atoms with Crippen molar-refractivity contribution in [2.45, 2.75) is 19.8 Å². The standard InChI is InChI=1S/C12H14Cl2N2.ClH/c1-2-4-12(15)16-8-7-9-10(13)5-3-6-11(9)14;/h3,5-8H,2,4H2,1H3,(H2,15,16);1H. The normalized spacial score (nSPS) is 11.6. The average Bonchev–Trinajstić information content (AvgIpc) is 2.23. The number of halogens is 3. The fourth-order valence-corrected chi connectivity index (χ4v) is 1.72. The summed E-state index contributed by atoms with van der Waals surface area (Å²) in [6, 6.07) is 5.37. The summed E-state index contributed by atoms with van der Waals surface area (Å²) < 4.78 is 0. The predicted octanol–water partition coefficient (Wildman–Crippen LogP) is 4.54. The SMILES string of the molecule is CCCC(N)=NC=Cc1c(Cl)cccc1Cl.Cl. The maximum atomic E-state index is 5.99. The van der Waals surface area contributed by atoms with Crippen LogP contribution in [0.15, 0.2) is 29.4 Å². The zero-order valence-electron chi connectivity index (χ0n) is 9.49. The van der Waals surface area contributed by atoms with E-state index >= 15 is 0 Å². The summed E-state index contributed by atoms with van der Waals surface area (Å²) in [4.78, 5) is 4.09. The summed E-state index contributed by atoms with van der Waals surface area (Å²) in [7, 11) is 0. The molecule has 0 atom stereocenters. The Balaban J connectivity index is 0.00000256. The Kier molecular flexibility index (Phi) is 8.05. The molecule has 0 aromatic heterocycles. The van der Waals surface area contributed by atoms with Gasteiger partial charge in [0.25, 0.3) is 0 Å². The fraction of sp³-hybridized carbons (Fsp3) is 0.250. The molecule has 2 N–H and O–H groups in total. The minimum atomic E-state index is 0. The minimum absolute atomic E-state index is 0. The van der Waals surface area contributed by atoms with Crippen molar-refractivity contribution in [2.75, 3.05) is 0 Å². The molecule has 0 saturated heterocycles. The number of aliphatic imine (C=N–C) groups is 1. The molecule has 1 rings (SSSR count). The Morgan fingerprint density at radius 3 is 2.47 bits per heavy atom. The number of benzene rings is 1. The molecule has 0 heterocycles. The lowest BCUT2D eigenvalue weighted by atomic mass is 10.2. The molecule has 0 aliphatic carbocycles. The van der Waals surface area contributed by atoms with Gasteiger partial charge in [0, 0.05) is 28.2 Å². The molecule has 0 radical (unpaired) electrons. The fourth-order valence-electron chi connectivity index (χ4n) is 1.20. The number of hydrogen-bond acceptors (Lipinski definition) is 1. The van der Waals surface area contributed by atoms with Crippen molar-refractivity contribution in [1.29, 1.82) is 0 Å². The van der Waals surface area contributed by atoms with Crippen molar-refractivity contribution < 1.29 is 0 Å². The summed E-state index contributed by atoms with van der Waals surface area (Å²) in [6.07, 6.45) is 5.15. The van der Waals surface area contributed by atoms with Gasteiger partial charge in [-0.25, -0.2) is 4.99 Å². The maximum absolute atomic E-state index is 5.99. The van der Waals surface area contributed by atoms with Crippen molar-refractivity contribution in [2.24, 2.45) is 10.7 Å². The molecule has 0 fully saturated rings. The van der Waals surface area contributed by atoms with Crippen LogP contribution in [-0.2, 0) is 0 Å². The van der Waals surface area contributed by atoms with Crippen LogP contribution in [0.2, 0.25) is 10.0 Å². The Labute approximate surface area is 118 Å². The first-order valence-electron chi connectivity index (χ1n) is 5.08. The summed E-state index contributed by atoms with van der Waals surface area (Å²) in [5.41, 5.74) is 6.42. The van der Waals surface area contributed by atoms with Crippen LogP contribution in [0.3, 0.4) is 0 Å². The van der Waals surface area contributed by atoms with Crippen molar-refractivity contribution in [3.05, 3.63) is 40.0 Å². The van der Waals surface area contributed by atoms with Crippen molar-refractivity contribution in [1.82, 2.24) is 0 Å². The average molecular weight is 294 g/mol. The van der Waals surface area contributed by atoms with Crippen LogP contribution in [0, 0.1) is 0 Å². The van der Waals surface area contributed by atoms with Crippen LogP contribution >= 0.6 is 35.6 Å². The molecule has 0 saturated carbocycles. The molecular formula is C12H15Cl3N2. The smallest absolute Gasteiger partial charge is 0.0988 e. The van der Waals surface area contributed by atoms with Gasteiger partial charge in [-0.15, -0.1) is 12.4 Å². The van der Waals surface area contributed by atoms with E-state index in [4.69, 9.17) is 28.9 Å². The van der Waals surface area contributed by atoms with E-state index in [9.17, 15) is 0 Å². The van der Waals surface area contributed by atoms with E-state index < -0.39 is 0 Å². The largest absolute Gasteiger partial charge is 0.387 e. The first-order chi connectivity index (χ1) is 7.65. The van der Waals surface area contributed by atoms with Gasteiger partial charge in [0.05, 0.1) is 5.84 Å². The molecule has 1 aromatic carbocycles. The first kappa shape index (κ1) is 16.3. The van der Waals surface area contributed by atoms with Crippen LogP contribution in [0.4, 0.5) is 0 Å². The highest BCUT2D eigenvalue weighted by atomic mass is 35.5. The van der Waals surface area contributed by atoms with Crippen molar-refractivity contribution in [3.63, 3.8) is 0 Å². The van der Waals surface area contributed by atoms with Crippen LogP contribution < -0.4 is 5.73 Å². The van der Waals surface area contributed by atoms with E-state index in [2.05, 4.69) is 11.9 Å². The lowest BCUT2D eigenvalue weighted by molar-refractivity contribution is 0.983. The summed E-state index contributed by atoms with van der Waals surface area (Å²) in [6.45, 7) is 2.05. The maximum Gasteiger partial charge on any atom is 0.0988 e. The molecular weight excluding hydrogens is 279 g/mol. The third kappa shape index (κ3) is 5.44. The Morgan fingerprint density at radius 1 is 1.35 bits per heavy atom. The molecule has 1 aromatic rings. The quantitative estimate of drug-likeness (QED) is 0.642. The van der Waals surface area contributed by atoms with Gasteiger partial charge in [-0.3, -0.25) is 0 Å². The number of amidine groups is 1. The van der Waals surface area contributed by atoms with Crippen LogP contribution in [0.25, 0.3) is 6.08 Å². The molecule has 2 nitrogen and oxygen atoms in total. The number of nitrogens with two attached hydrogens (primary N) is 1. The highest BCUT2D eigenvalue weighted by molar-refractivity contribution is 6.37. The van der Waals surface area contributed by atoms with Gasteiger partial charge in [0.15, 0.2) is 0 Å². The zero-order chi connectivity index (χ0) is 12.0. The Hall–Kier alpha value is -0.700. The second kappa shape index (κ2) is 8.40. The lowest BCUT2D eigenvalue weighted by Crippen LogP contribution is -2.09. The van der Waals surface area contributed by atoms with Gasteiger partial charge >= 0.3 is 0 Å². The van der Waals surface area contributed by atoms with Gasteiger partial charge in [-0.1, -0.05) is 36.2 Å². The zero-order valence-corrected chi connectivity index (χ0v) is 11.8. The second-order valence-corrected chi connectivity index (χ2v) is 4.14. The minimum Gasteiger partial charge on any atom is -0.387 e. The molecule has 17 heavy (non-hydrogen) atoms. The highest BCUT2D eigenvalue weighted by Crippen LogP contribution is 2.25. The van der Waals surface area contributed by atoms with Gasteiger partial charge in [-0.05, 0) is 24.6 Å². The second-order valence-electron chi connectivity index (χ2n) is 3.32. The van der Waals surface area contributed by atoms with Crippen molar-refractivity contribution >= 4 is 47.5 Å². The molecule has 0 unspecified atom stereocenters. The summed E-state index contributed by atoms with van der Waals surface area (Å²) in [5.74, 6) is 0.613. The molecule has 94 valence electrons. The molecule has 0 spiro atoms. The van der Waals surface area contributed by atoms with E-state index in [1.54, 1.807) is 30.5 Å². The van der Waals surface area contributed by atoms with Gasteiger partial charge in [0.2, 0.25) is 0 Å². The molecule has 0 bridgehead atoms. The number of nitrogens with zero attached hydrogens (tertiary/aromatic N) is 1. The van der Waals surface area contributed by atoms with Crippen LogP contribution in [0.5, 0.6) is 0 Å². The third-order valence-electron chi connectivity index (χ3n) is 1.99. The summed E-state index contributed by atoms with van der Waals surface area (Å²) >= 11 is 12.0. The third-order valence-corrected chi connectivity index (χ3v) is 2.65. The number of rotatable bonds is 4. The van der Waals surface area contributed by atoms with Gasteiger partial charge < -0.3 is 5.73 Å². The Bertz CT molecular complexity index is 394. The summed E-state index contributed by atoms with van der Waals surface area (Å²) in [5, 5.41) is 1.21. The molecule has 0 aliphatic heterocycles. The molecule has 5 heteroatoms. The van der Waals surface area contributed by atoms with Crippen molar-refractivity contribution in [3.8, 4) is 0 Å². The lowest BCUT2D eigenvalue weighted by Gasteiger charge is -1.99. The topological polar surface area (TPSA) is 38.4 Å².